The summed E-state index contributed by atoms with van der Waals surface area (Å²) in [4.78, 5) is 13.3. The number of hydrogen-bond donors (Lipinski definition) is 1. The fourth-order valence-corrected chi connectivity index (χ4v) is 3.64. The van der Waals surface area contributed by atoms with E-state index >= 15 is 0 Å². The first kappa shape index (κ1) is 15.1. The monoisotopic (exact) mass is 322 g/mol. The maximum absolute atomic E-state index is 11.7. The first-order chi connectivity index (χ1) is 11.4. The SMILES string of the molecule is CN1C(=O)COc2cc(Nc3ccc4c(c3)CCC4(C)C)ccc21. The molecule has 4 heteroatoms. The lowest BCUT2D eigenvalue weighted by Gasteiger charge is -2.26. The third-order valence-corrected chi connectivity index (χ3v) is 5.19. The van der Waals surface area contributed by atoms with Crippen LogP contribution < -0.4 is 15.0 Å². The second-order valence-electron chi connectivity index (χ2n) is 7.30. The Bertz CT molecular complexity index is 826. The number of rotatable bonds is 2. The van der Waals surface area contributed by atoms with Crippen LogP contribution in [0, 0.1) is 0 Å². The molecular formula is C20H22N2O2. The van der Waals surface area contributed by atoms with Crippen molar-refractivity contribution < 1.29 is 9.53 Å². The molecule has 0 saturated carbocycles. The number of carbonyl (C=O) groups excluding carboxylic acids is 1. The summed E-state index contributed by atoms with van der Waals surface area (Å²) < 4.78 is 5.55. The summed E-state index contributed by atoms with van der Waals surface area (Å²) >= 11 is 0. The molecule has 1 N–H and O–H groups in total. The van der Waals surface area contributed by atoms with Crippen molar-refractivity contribution in [2.75, 3.05) is 23.9 Å². The normalized spacial score (nSPS) is 18.0. The molecule has 1 aliphatic carbocycles. The molecule has 1 aliphatic heterocycles. The van der Waals surface area contributed by atoms with Crippen LogP contribution in [0.1, 0.15) is 31.4 Å². The number of hydrogen-bond acceptors (Lipinski definition) is 3. The van der Waals surface area contributed by atoms with Crippen LogP contribution in [0.4, 0.5) is 17.1 Å². The third-order valence-electron chi connectivity index (χ3n) is 5.19. The van der Waals surface area contributed by atoms with E-state index in [1.165, 1.54) is 17.5 Å². The van der Waals surface area contributed by atoms with Crippen LogP contribution in [0.2, 0.25) is 0 Å². The second-order valence-corrected chi connectivity index (χ2v) is 7.30. The molecule has 24 heavy (non-hydrogen) atoms. The van der Waals surface area contributed by atoms with Gasteiger partial charge in [-0.2, -0.15) is 0 Å². The molecule has 2 aromatic rings. The topological polar surface area (TPSA) is 41.6 Å². The Morgan fingerprint density at radius 1 is 1.12 bits per heavy atom. The van der Waals surface area contributed by atoms with Crippen LogP contribution in [0.5, 0.6) is 5.75 Å². The molecule has 2 aromatic carbocycles. The van der Waals surface area contributed by atoms with E-state index in [1.54, 1.807) is 11.9 Å². The van der Waals surface area contributed by atoms with Gasteiger partial charge in [0.25, 0.3) is 5.91 Å². The molecule has 0 radical (unpaired) electrons. The Hall–Kier alpha value is -2.49. The van der Waals surface area contributed by atoms with Gasteiger partial charge in [0.15, 0.2) is 6.61 Å². The fourth-order valence-electron chi connectivity index (χ4n) is 3.64. The number of aryl methyl sites for hydroxylation is 1. The van der Waals surface area contributed by atoms with Gasteiger partial charge in [0.1, 0.15) is 5.75 Å². The number of nitrogens with zero attached hydrogens (tertiary/aromatic N) is 1. The average molecular weight is 322 g/mol. The lowest BCUT2D eigenvalue weighted by atomic mass is 9.86. The van der Waals surface area contributed by atoms with Gasteiger partial charge in [-0.3, -0.25) is 4.79 Å². The summed E-state index contributed by atoms with van der Waals surface area (Å²) in [7, 11) is 1.78. The first-order valence-electron chi connectivity index (χ1n) is 8.38. The van der Waals surface area contributed by atoms with Crippen molar-refractivity contribution in [1.82, 2.24) is 0 Å². The highest BCUT2D eigenvalue weighted by molar-refractivity contribution is 5.97. The van der Waals surface area contributed by atoms with Crippen molar-refractivity contribution in [3.8, 4) is 5.75 Å². The van der Waals surface area contributed by atoms with Gasteiger partial charge >= 0.3 is 0 Å². The number of carbonyl (C=O) groups is 1. The average Bonchev–Trinajstić information content (AvgIpc) is 2.86. The quantitative estimate of drug-likeness (QED) is 0.908. The van der Waals surface area contributed by atoms with Crippen molar-refractivity contribution in [3.63, 3.8) is 0 Å². The van der Waals surface area contributed by atoms with Crippen LogP contribution in [-0.2, 0) is 16.6 Å². The van der Waals surface area contributed by atoms with Crippen molar-refractivity contribution in [2.45, 2.75) is 32.1 Å². The number of fused-ring (bicyclic) bond motifs is 2. The van der Waals surface area contributed by atoms with Gasteiger partial charge < -0.3 is 15.0 Å². The molecule has 4 rings (SSSR count). The van der Waals surface area contributed by atoms with E-state index in [4.69, 9.17) is 4.74 Å². The lowest BCUT2D eigenvalue weighted by Crippen LogP contribution is -2.35. The standard InChI is InChI=1S/C20H22N2O2/c1-20(2)9-8-13-10-14(4-6-16(13)20)21-15-5-7-17-18(11-15)24-12-19(23)22(17)3/h4-7,10-11,21H,8-9,12H2,1-3H3. The molecule has 1 heterocycles. The number of likely N-dealkylation sites (N-methyl/N-ethyl adjacent to an activating group) is 1. The van der Waals surface area contributed by atoms with Crippen LogP contribution in [0.25, 0.3) is 0 Å². The highest BCUT2D eigenvalue weighted by Gasteiger charge is 2.29. The van der Waals surface area contributed by atoms with Gasteiger partial charge in [0.2, 0.25) is 0 Å². The minimum absolute atomic E-state index is 0.0237. The van der Waals surface area contributed by atoms with Gasteiger partial charge in [0, 0.05) is 24.5 Å². The minimum Gasteiger partial charge on any atom is -0.481 e. The summed E-state index contributed by atoms with van der Waals surface area (Å²) in [5.41, 5.74) is 6.05. The molecule has 0 fully saturated rings. The first-order valence-corrected chi connectivity index (χ1v) is 8.38. The molecule has 0 unspecified atom stereocenters. The second kappa shape index (κ2) is 5.26. The number of amides is 1. The molecule has 0 saturated heterocycles. The zero-order valence-corrected chi connectivity index (χ0v) is 14.3. The van der Waals surface area contributed by atoms with Gasteiger partial charge in [-0.15, -0.1) is 0 Å². The van der Waals surface area contributed by atoms with Gasteiger partial charge in [-0.05, 0) is 53.6 Å². The zero-order valence-electron chi connectivity index (χ0n) is 14.3. The van der Waals surface area contributed by atoms with Crippen molar-refractivity contribution in [2.24, 2.45) is 0 Å². The van der Waals surface area contributed by atoms with E-state index in [1.807, 2.05) is 18.2 Å². The smallest absolute Gasteiger partial charge is 0.264 e. The van der Waals surface area contributed by atoms with Crippen LogP contribution in [0.15, 0.2) is 36.4 Å². The van der Waals surface area contributed by atoms with Gasteiger partial charge in [-0.1, -0.05) is 19.9 Å². The molecule has 124 valence electrons. The van der Waals surface area contributed by atoms with Crippen LogP contribution >= 0.6 is 0 Å². The van der Waals surface area contributed by atoms with E-state index in [9.17, 15) is 4.79 Å². The summed E-state index contributed by atoms with van der Waals surface area (Å²) in [5, 5.41) is 3.45. The third kappa shape index (κ3) is 2.42. The molecule has 0 spiro atoms. The highest BCUT2D eigenvalue weighted by atomic mass is 16.5. The fraction of sp³-hybridized carbons (Fsp3) is 0.350. The summed E-state index contributed by atoms with van der Waals surface area (Å²) in [5.74, 6) is 0.717. The summed E-state index contributed by atoms with van der Waals surface area (Å²) in [6.45, 7) is 4.72. The van der Waals surface area contributed by atoms with E-state index in [0.29, 0.717) is 0 Å². The molecule has 0 aromatic heterocycles. The number of benzene rings is 2. The lowest BCUT2D eigenvalue weighted by molar-refractivity contribution is -0.120. The molecule has 1 amide bonds. The molecule has 0 bridgehead atoms. The molecule has 0 atom stereocenters. The molecule has 4 nitrogen and oxygen atoms in total. The number of anilines is 3. The van der Waals surface area contributed by atoms with Crippen LogP contribution in [0.3, 0.4) is 0 Å². The predicted octanol–water partition coefficient (Wildman–Crippen LogP) is 4.01. The Morgan fingerprint density at radius 2 is 1.88 bits per heavy atom. The summed E-state index contributed by atoms with van der Waals surface area (Å²) in [6, 6.07) is 12.5. The van der Waals surface area contributed by atoms with Crippen molar-refractivity contribution in [1.29, 1.82) is 0 Å². The maximum Gasteiger partial charge on any atom is 0.264 e. The zero-order chi connectivity index (χ0) is 16.9. The van der Waals surface area contributed by atoms with E-state index < -0.39 is 0 Å². The Balaban J connectivity index is 1.60. The van der Waals surface area contributed by atoms with E-state index in [0.717, 1.165) is 29.2 Å². The van der Waals surface area contributed by atoms with E-state index in [-0.39, 0.29) is 17.9 Å². The van der Waals surface area contributed by atoms with Crippen molar-refractivity contribution in [3.05, 3.63) is 47.5 Å². The highest BCUT2D eigenvalue weighted by Crippen LogP contribution is 2.40. The molecule has 2 aliphatic rings. The Labute approximate surface area is 142 Å². The number of nitrogens with one attached hydrogen (secondary N) is 1. The van der Waals surface area contributed by atoms with Gasteiger partial charge in [-0.25, -0.2) is 0 Å². The minimum atomic E-state index is -0.0237. The maximum atomic E-state index is 11.7. The van der Waals surface area contributed by atoms with Crippen molar-refractivity contribution >= 4 is 23.0 Å². The van der Waals surface area contributed by atoms with Gasteiger partial charge in [0.05, 0.1) is 5.69 Å². The largest absolute Gasteiger partial charge is 0.481 e. The Kier molecular flexibility index (Phi) is 3.30. The number of ether oxygens (including phenoxy) is 1. The van der Waals surface area contributed by atoms with E-state index in [2.05, 4.69) is 37.4 Å². The Morgan fingerprint density at radius 3 is 2.71 bits per heavy atom. The molecular weight excluding hydrogens is 300 g/mol. The van der Waals surface area contributed by atoms with Crippen LogP contribution in [-0.4, -0.2) is 19.6 Å². The predicted molar refractivity (Wildman–Crippen MR) is 96.4 cm³/mol. The summed E-state index contributed by atoms with van der Waals surface area (Å²) in [6.07, 6.45) is 2.34.